The number of carbonyl (C=O) groups excluding carboxylic acids is 1. The number of likely N-dealkylation sites (tertiary alicyclic amines) is 1. The molecule has 2 aromatic rings. The van der Waals surface area contributed by atoms with Gasteiger partial charge in [0.2, 0.25) is 5.91 Å². The molecule has 1 saturated heterocycles. The zero-order chi connectivity index (χ0) is 19.2. The molecule has 144 valence electrons. The third-order valence-corrected chi connectivity index (χ3v) is 5.36. The molecular formula is C21H26ClN3O2. The van der Waals surface area contributed by atoms with Crippen LogP contribution in [0.4, 0.5) is 5.69 Å². The molecule has 0 radical (unpaired) electrons. The number of hydrogen-bond acceptors (Lipinski definition) is 4. The van der Waals surface area contributed by atoms with Crippen LogP contribution in [0.25, 0.3) is 0 Å². The van der Waals surface area contributed by atoms with Gasteiger partial charge in [0.15, 0.2) is 0 Å². The molecule has 1 amide bonds. The summed E-state index contributed by atoms with van der Waals surface area (Å²) in [6, 6.07) is 17.4. The fourth-order valence-corrected chi connectivity index (χ4v) is 3.63. The molecule has 0 aromatic heterocycles. The number of β-amino-alcohol motifs (C(OH)–C–C–N with tert-alkyl or cyclic N) is 1. The third kappa shape index (κ3) is 5.22. The van der Waals surface area contributed by atoms with Crippen molar-refractivity contribution in [3.63, 3.8) is 0 Å². The molecule has 1 aliphatic rings. The van der Waals surface area contributed by atoms with Crippen LogP contribution in [0.2, 0.25) is 5.02 Å². The van der Waals surface area contributed by atoms with Crippen molar-refractivity contribution in [1.29, 1.82) is 0 Å². The van der Waals surface area contributed by atoms with Gasteiger partial charge in [-0.1, -0.05) is 54.1 Å². The van der Waals surface area contributed by atoms with Crippen molar-refractivity contribution in [1.82, 2.24) is 9.80 Å². The summed E-state index contributed by atoms with van der Waals surface area (Å²) in [6.45, 7) is 2.38. The molecule has 6 heteroatoms. The topological polar surface area (TPSA) is 55.8 Å². The van der Waals surface area contributed by atoms with Crippen LogP contribution >= 0.6 is 11.6 Å². The summed E-state index contributed by atoms with van der Waals surface area (Å²) in [4.78, 5) is 16.8. The molecular weight excluding hydrogens is 362 g/mol. The number of halogens is 1. The average Bonchev–Trinajstić information content (AvgIpc) is 3.10. The second-order valence-electron chi connectivity index (χ2n) is 6.97. The van der Waals surface area contributed by atoms with Crippen molar-refractivity contribution < 1.29 is 9.90 Å². The van der Waals surface area contributed by atoms with Crippen molar-refractivity contribution in [2.45, 2.75) is 18.6 Å². The Morgan fingerprint density at radius 2 is 1.96 bits per heavy atom. The van der Waals surface area contributed by atoms with E-state index in [1.165, 1.54) is 0 Å². The van der Waals surface area contributed by atoms with Gasteiger partial charge in [-0.2, -0.15) is 0 Å². The molecule has 0 saturated carbocycles. The van der Waals surface area contributed by atoms with E-state index in [-0.39, 0.29) is 24.6 Å². The Kier molecular flexibility index (Phi) is 6.72. The second kappa shape index (κ2) is 9.22. The normalized spacial score (nSPS) is 18.3. The summed E-state index contributed by atoms with van der Waals surface area (Å²) in [6.07, 6.45) is 0.511. The van der Waals surface area contributed by atoms with Gasteiger partial charge in [0.25, 0.3) is 0 Å². The third-order valence-electron chi connectivity index (χ3n) is 5.03. The maximum Gasteiger partial charge on any atom is 0.242 e. The first kappa shape index (κ1) is 19.7. The van der Waals surface area contributed by atoms with Crippen LogP contribution in [-0.2, 0) is 4.79 Å². The summed E-state index contributed by atoms with van der Waals surface area (Å²) in [5.74, 6) is -0.0106. The molecule has 1 heterocycles. The van der Waals surface area contributed by atoms with Gasteiger partial charge >= 0.3 is 0 Å². The molecule has 0 spiro atoms. The minimum absolute atomic E-state index is 0.0106. The summed E-state index contributed by atoms with van der Waals surface area (Å²) in [5, 5.41) is 13.5. The van der Waals surface area contributed by atoms with E-state index in [9.17, 15) is 9.90 Å². The Balaban J connectivity index is 1.68. The van der Waals surface area contributed by atoms with Gasteiger partial charge in [-0.15, -0.1) is 0 Å². The summed E-state index contributed by atoms with van der Waals surface area (Å²) in [7, 11) is 1.83. The molecule has 27 heavy (non-hydrogen) atoms. The number of para-hydroxylation sites is 1. The maximum absolute atomic E-state index is 12.8. The van der Waals surface area contributed by atoms with E-state index >= 15 is 0 Å². The van der Waals surface area contributed by atoms with E-state index in [0.717, 1.165) is 24.2 Å². The highest BCUT2D eigenvalue weighted by Gasteiger charge is 2.27. The first-order chi connectivity index (χ1) is 13.0. The summed E-state index contributed by atoms with van der Waals surface area (Å²) < 4.78 is 0. The van der Waals surface area contributed by atoms with Gasteiger partial charge in [-0.25, -0.2) is 0 Å². The monoisotopic (exact) mass is 387 g/mol. The zero-order valence-electron chi connectivity index (χ0n) is 15.5. The number of hydrogen-bond donors (Lipinski definition) is 2. The predicted octanol–water partition coefficient (Wildman–Crippen LogP) is 3.02. The minimum atomic E-state index is -0.274. The SMILES string of the molecule is CN(C(=O)CNc1ccccc1Cl)C(CN1CCC(O)C1)c1ccccc1. The summed E-state index contributed by atoms with van der Waals surface area (Å²) in [5.41, 5.74) is 1.84. The molecule has 5 nitrogen and oxygen atoms in total. The number of benzene rings is 2. The van der Waals surface area contributed by atoms with Crippen molar-refractivity contribution in [2.75, 3.05) is 38.5 Å². The lowest BCUT2D eigenvalue weighted by atomic mass is 10.0. The first-order valence-electron chi connectivity index (χ1n) is 9.24. The summed E-state index contributed by atoms with van der Waals surface area (Å²) >= 11 is 6.15. The molecule has 2 atom stereocenters. The van der Waals surface area contributed by atoms with E-state index in [4.69, 9.17) is 11.6 Å². The van der Waals surface area contributed by atoms with Crippen LogP contribution in [0.3, 0.4) is 0 Å². The van der Waals surface area contributed by atoms with E-state index in [1.54, 1.807) is 11.0 Å². The molecule has 3 rings (SSSR count). The van der Waals surface area contributed by atoms with Gasteiger partial charge in [0.1, 0.15) is 0 Å². The van der Waals surface area contributed by atoms with Crippen LogP contribution in [-0.4, -0.2) is 60.1 Å². The zero-order valence-corrected chi connectivity index (χ0v) is 16.3. The lowest BCUT2D eigenvalue weighted by Crippen LogP contribution is -2.41. The van der Waals surface area contributed by atoms with E-state index in [2.05, 4.69) is 10.2 Å². The second-order valence-corrected chi connectivity index (χ2v) is 7.37. The van der Waals surface area contributed by atoms with Crippen LogP contribution in [0.1, 0.15) is 18.0 Å². The van der Waals surface area contributed by atoms with E-state index in [1.807, 2.05) is 55.6 Å². The quantitative estimate of drug-likeness (QED) is 0.766. The van der Waals surface area contributed by atoms with Crippen molar-refractivity contribution in [3.8, 4) is 0 Å². The molecule has 1 aliphatic heterocycles. The maximum atomic E-state index is 12.8. The van der Waals surface area contributed by atoms with Crippen molar-refractivity contribution in [3.05, 3.63) is 65.2 Å². The Bertz CT molecular complexity index is 756. The fraction of sp³-hybridized carbons (Fsp3) is 0.381. The number of likely N-dealkylation sites (N-methyl/N-ethyl adjacent to an activating group) is 1. The lowest BCUT2D eigenvalue weighted by molar-refractivity contribution is -0.130. The number of nitrogens with zero attached hydrogens (tertiary/aromatic N) is 2. The number of aliphatic hydroxyl groups is 1. The van der Waals surface area contributed by atoms with Crippen LogP contribution in [0.15, 0.2) is 54.6 Å². The van der Waals surface area contributed by atoms with Crippen LogP contribution in [0, 0.1) is 0 Å². The van der Waals surface area contributed by atoms with E-state index in [0.29, 0.717) is 18.1 Å². The Labute approximate surface area is 165 Å². The highest BCUT2D eigenvalue weighted by molar-refractivity contribution is 6.33. The van der Waals surface area contributed by atoms with E-state index < -0.39 is 0 Å². The number of anilines is 1. The molecule has 2 unspecified atom stereocenters. The van der Waals surface area contributed by atoms with Crippen LogP contribution in [0.5, 0.6) is 0 Å². The van der Waals surface area contributed by atoms with Crippen molar-refractivity contribution >= 4 is 23.2 Å². The number of carbonyl (C=O) groups is 1. The lowest BCUT2D eigenvalue weighted by Gasteiger charge is -2.32. The van der Waals surface area contributed by atoms with Gasteiger partial charge < -0.3 is 15.3 Å². The predicted molar refractivity (Wildman–Crippen MR) is 109 cm³/mol. The Morgan fingerprint density at radius 1 is 1.26 bits per heavy atom. The molecule has 2 aromatic carbocycles. The number of rotatable bonds is 7. The van der Waals surface area contributed by atoms with Gasteiger partial charge in [-0.05, 0) is 24.1 Å². The van der Waals surface area contributed by atoms with Gasteiger partial charge in [0.05, 0.1) is 29.4 Å². The first-order valence-corrected chi connectivity index (χ1v) is 9.62. The molecule has 0 bridgehead atoms. The fourth-order valence-electron chi connectivity index (χ4n) is 3.42. The number of amides is 1. The molecule has 2 N–H and O–H groups in total. The highest BCUT2D eigenvalue weighted by Crippen LogP contribution is 2.24. The highest BCUT2D eigenvalue weighted by atomic mass is 35.5. The smallest absolute Gasteiger partial charge is 0.242 e. The van der Waals surface area contributed by atoms with Crippen molar-refractivity contribution in [2.24, 2.45) is 0 Å². The minimum Gasteiger partial charge on any atom is -0.392 e. The van der Waals surface area contributed by atoms with Gasteiger partial charge in [0, 0.05) is 26.7 Å². The molecule has 1 fully saturated rings. The average molecular weight is 388 g/mol. The Hall–Kier alpha value is -2.08. The Morgan fingerprint density at radius 3 is 2.63 bits per heavy atom. The largest absolute Gasteiger partial charge is 0.392 e. The van der Waals surface area contributed by atoms with Crippen LogP contribution < -0.4 is 5.32 Å². The number of nitrogens with one attached hydrogen (secondary N) is 1. The van der Waals surface area contributed by atoms with Gasteiger partial charge in [-0.3, -0.25) is 9.69 Å². The standard InChI is InChI=1S/C21H26ClN3O2/c1-24(21(27)13-23-19-10-6-5-9-18(19)22)20(16-7-3-2-4-8-16)15-25-12-11-17(26)14-25/h2-10,17,20,23,26H,11-15H2,1H3. The molecule has 0 aliphatic carbocycles. The number of aliphatic hydroxyl groups excluding tert-OH is 1.